The Morgan fingerprint density at radius 2 is 1.93 bits per heavy atom. The molecule has 0 bridgehead atoms. The highest BCUT2D eigenvalue weighted by Crippen LogP contribution is 2.20. The number of carbonyl (C=O) groups excluding carboxylic acids is 2. The fourth-order valence-electron chi connectivity index (χ4n) is 2.36. The van der Waals surface area contributed by atoms with Crippen molar-refractivity contribution < 1.29 is 14.3 Å². The van der Waals surface area contributed by atoms with Gasteiger partial charge < -0.3 is 4.74 Å². The van der Waals surface area contributed by atoms with E-state index in [-0.39, 0.29) is 23.7 Å². The number of hydrogen-bond acceptors (Lipinski definition) is 6. The van der Waals surface area contributed by atoms with E-state index in [9.17, 15) is 9.59 Å². The van der Waals surface area contributed by atoms with Gasteiger partial charge in [-0.15, -0.1) is 6.42 Å². The van der Waals surface area contributed by atoms with Gasteiger partial charge in [0.25, 0.3) is 5.95 Å². The topological polar surface area (TPSA) is 106 Å². The minimum Gasteiger partial charge on any atom is -0.368 e. The lowest BCUT2D eigenvalue weighted by Crippen LogP contribution is -2.41. The molecule has 2 N–H and O–H groups in total. The Labute approximate surface area is 157 Å². The number of carbonyl (C=O) groups is 2. The number of aryl methyl sites for hydroxylation is 1. The fraction of sp³-hybridized carbons (Fsp3) is 0.316. The number of benzene rings is 1. The van der Waals surface area contributed by atoms with E-state index in [1.54, 1.807) is 0 Å². The van der Waals surface area contributed by atoms with Crippen LogP contribution in [0, 0.1) is 19.3 Å². The van der Waals surface area contributed by atoms with Gasteiger partial charge in [-0.1, -0.05) is 12.0 Å². The lowest BCUT2D eigenvalue weighted by Gasteiger charge is -2.09. The number of guanidine groups is 1. The summed E-state index contributed by atoms with van der Waals surface area (Å²) in [6.07, 6.45) is 5.88. The van der Waals surface area contributed by atoms with E-state index < -0.39 is 0 Å². The van der Waals surface area contributed by atoms with Crippen LogP contribution >= 0.6 is 0 Å². The standard InChI is InChI=1S/C19H21N5O3/c1-5-9-27-10-8-15-6-7-17-16(11-15)12(2)20-18(23-17)24-19(21-13(3)25)22-14(4)26/h1,6-7,11H,8-10H2,2-4H3,(H2,20,21,22,23,24,25,26). The molecule has 0 saturated carbocycles. The number of nitrogens with one attached hydrogen (secondary N) is 2. The quantitative estimate of drug-likeness (QED) is 0.360. The molecule has 1 aromatic carbocycles. The number of ether oxygens (including phenoxy) is 1. The van der Waals surface area contributed by atoms with Crippen molar-refractivity contribution >= 4 is 34.6 Å². The zero-order chi connectivity index (χ0) is 19.8. The van der Waals surface area contributed by atoms with Crippen LogP contribution in [-0.2, 0) is 20.7 Å². The van der Waals surface area contributed by atoms with E-state index in [4.69, 9.17) is 11.2 Å². The first-order chi connectivity index (χ1) is 12.9. The van der Waals surface area contributed by atoms with Gasteiger partial charge in [0.2, 0.25) is 17.8 Å². The lowest BCUT2D eigenvalue weighted by molar-refractivity contribution is -0.117. The van der Waals surface area contributed by atoms with Crippen LogP contribution in [0.2, 0.25) is 0 Å². The van der Waals surface area contributed by atoms with Crippen molar-refractivity contribution in [3.05, 3.63) is 29.5 Å². The third-order valence-corrected chi connectivity index (χ3v) is 3.46. The highest BCUT2D eigenvalue weighted by molar-refractivity contribution is 6.04. The molecule has 0 spiro atoms. The molecule has 2 rings (SSSR count). The van der Waals surface area contributed by atoms with Crippen molar-refractivity contribution in [3.8, 4) is 12.3 Å². The van der Waals surface area contributed by atoms with Crippen molar-refractivity contribution in [2.45, 2.75) is 27.2 Å². The van der Waals surface area contributed by atoms with E-state index in [1.807, 2.05) is 25.1 Å². The highest BCUT2D eigenvalue weighted by atomic mass is 16.5. The Bertz CT molecular complexity index is 913. The Kier molecular flexibility index (Phi) is 6.97. The molecular weight excluding hydrogens is 346 g/mol. The van der Waals surface area contributed by atoms with E-state index in [0.29, 0.717) is 18.7 Å². The molecule has 1 aromatic heterocycles. The predicted octanol–water partition coefficient (Wildman–Crippen LogP) is 1.39. The molecule has 140 valence electrons. The zero-order valence-corrected chi connectivity index (χ0v) is 15.5. The molecule has 0 aliphatic carbocycles. The van der Waals surface area contributed by atoms with Gasteiger partial charge in [-0.2, -0.15) is 4.99 Å². The Balaban J connectivity index is 2.29. The van der Waals surface area contributed by atoms with E-state index >= 15 is 0 Å². The summed E-state index contributed by atoms with van der Waals surface area (Å²) in [6, 6.07) is 5.82. The van der Waals surface area contributed by atoms with Crippen LogP contribution in [-0.4, -0.2) is 41.0 Å². The first-order valence-electron chi connectivity index (χ1n) is 8.31. The van der Waals surface area contributed by atoms with Gasteiger partial charge in [0, 0.05) is 19.2 Å². The summed E-state index contributed by atoms with van der Waals surface area (Å²) >= 11 is 0. The number of terminal acetylenes is 1. The third kappa shape index (κ3) is 6.17. The molecule has 0 atom stereocenters. The number of rotatable bonds is 5. The van der Waals surface area contributed by atoms with Crippen LogP contribution in [0.15, 0.2) is 23.2 Å². The van der Waals surface area contributed by atoms with Crippen LogP contribution in [0.25, 0.3) is 10.9 Å². The smallest absolute Gasteiger partial charge is 0.253 e. The number of hydrogen-bond donors (Lipinski definition) is 2. The van der Waals surface area contributed by atoms with Crippen molar-refractivity contribution in [3.63, 3.8) is 0 Å². The molecule has 0 radical (unpaired) electrons. The monoisotopic (exact) mass is 367 g/mol. The lowest BCUT2D eigenvalue weighted by atomic mass is 10.1. The van der Waals surface area contributed by atoms with E-state index in [1.165, 1.54) is 13.8 Å². The Hall–Kier alpha value is -3.31. The summed E-state index contributed by atoms with van der Waals surface area (Å²) in [5, 5.41) is 5.77. The zero-order valence-electron chi connectivity index (χ0n) is 15.5. The van der Waals surface area contributed by atoms with Gasteiger partial charge >= 0.3 is 0 Å². The molecule has 2 amide bonds. The molecule has 0 aliphatic heterocycles. The van der Waals surface area contributed by atoms with Gasteiger partial charge in [0.1, 0.15) is 6.61 Å². The second kappa shape index (κ2) is 9.40. The number of nitrogens with zero attached hydrogens (tertiary/aromatic N) is 3. The summed E-state index contributed by atoms with van der Waals surface area (Å²) in [4.78, 5) is 35.4. The van der Waals surface area contributed by atoms with Gasteiger partial charge in [-0.05, 0) is 31.0 Å². The normalized spacial score (nSPS) is 10.1. The van der Waals surface area contributed by atoms with Gasteiger partial charge in [0.05, 0.1) is 17.8 Å². The minimum absolute atomic E-state index is 0.0176. The summed E-state index contributed by atoms with van der Waals surface area (Å²) in [6.45, 7) is 5.31. The van der Waals surface area contributed by atoms with Crippen LogP contribution in [0.1, 0.15) is 25.1 Å². The Morgan fingerprint density at radius 3 is 2.56 bits per heavy atom. The van der Waals surface area contributed by atoms with Crippen molar-refractivity contribution in [2.24, 2.45) is 4.99 Å². The fourth-order valence-corrected chi connectivity index (χ4v) is 2.36. The summed E-state index contributed by atoms with van der Waals surface area (Å²) in [5.74, 6) is 1.83. The SMILES string of the molecule is C#CCOCCc1ccc2nc(N=C(NC(C)=O)NC(C)=O)nc(C)c2c1. The average Bonchev–Trinajstić information content (AvgIpc) is 2.58. The van der Waals surface area contributed by atoms with Crippen LogP contribution < -0.4 is 10.6 Å². The Morgan fingerprint density at radius 1 is 1.22 bits per heavy atom. The summed E-state index contributed by atoms with van der Waals surface area (Å²) in [5.41, 5.74) is 2.52. The maximum absolute atomic E-state index is 11.3. The summed E-state index contributed by atoms with van der Waals surface area (Å²) < 4.78 is 5.30. The van der Waals surface area contributed by atoms with Crippen LogP contribution in [0.5, 0.6) is 0 Å². The largest absolute Gasteiger partial charge is 0.368 e. The number of aromatic nitrogens is 2. The minimum atomic E-state index is -0.364. The molecule has 0 aliphatic rings. The van der Waals surface area contributed by atoms with E-state index in [0.717, 1.165) is 23.1 Å². The summed E-state index contributed by atoms with van der Waals surface area (Å²) in [7, 11) is 0. The first kappa shape index (κ1) is 20.0. The van der Waals surface area contributed by atoms with Crippen LogP contribution in [0.3, 0.4) is 0 Å². The molecule has 1 heterocycles. The molecule has 0 unspecified atom stereocenters. The molecule has 8 heteroatoms. The molecular formula is C19H21N5O3. The third-order valence-electron chi connectivity index (χ3n) is 3.46. The van der Waals surface area contributed by atoms with Crippen molar-refractivity contribution in [1.82, 2.24) is 20.6 Å². The first-order valence-corrected chi connectivity index (χ1v) is 8.31. The highest BCUT2D eigenvalue weighted by Gasteiger charge is 2.09. The molecule has 27 heavy (non-hydrogen) atoms. The molecule has 8 nitrogen and oxygen atoms in total. The van der Waals surface area contributed by atoms with Gasteiger partial charge in [0.15, 0.2) is 0 Å². The number of fused-ring (bicyclic) bond motifs is 1. The second-order valence-corrected chi connectivity index (χ2v) is 5.79. The number of amides is 2. The maximum Gasteiger partial charge on any atom is 0.253 e. The second-order valence-electron chi connectivity index (χ2n) is 5.79. The number of aliphatic imine (C=N–C) groups is 1. The van der Waals surface area contributed by atoms with Gasteiger partial charge in [-0.3, -0.25) is 20.2 Å². The molecule has 2 aromatic rings. The van der Waals surface area contributed by atoms with E-state index in [2.05, 4.69) is 31.5 Å². The predicted molar refractivity (Wildman–Crippen MR) is 102 cm³/mol. The average molecular weight is 367 g/mol. The van der Waals surface area contributed by atoms with Gasteiger partial charge in [-0.25, -0.2) is 9.97 Å². The maximum atomic E-state index is 11.3. The van der Waals surface area contributed by atoms with Crippen LogP contribution in [0.4, 0.5) is 5.95 Å². The molecule has 0 saturated heterocycles. The van der Waals surface area contributed by atoms with Crippen molar-refractivity contribution in [1.29, 1.82) is 0 Å². The molecule has 0 fully saturated rings. The van der Waals surface area contributed by atoms with Crippen molar-refractivity contribution in [2.75, 3.05) is 13.2 Å².